The second-order valence-electron chi connectivity index (χ2n) is 6.99. The number of aromatic nitrogens is 3. The van der Waals surface area contributed by atoms with E-state index in [0.29, 0.717) is 38.7 Å². The zero-order valence-electron chi connectivity index (χ0n) is 16.2. The highest BCUT2D eigenvalue weighted by Gasteiger charge is 2.21. The van der Waals surface area contributed by atoms with Gasteiger partial charge in [0.05, 0.1) is 30.5 Å². The molecule has 1 aliphatic rings. The number of nitrogens with zero attached hydrogens (tertiary/aromatic N) is 2. The molecule has 31 heavy (non-hydrogen) atoms. The summed E-state index contributed by atoms with van der Waals surface area (Å²) in [6, 6.07) is 4.26. The fourth-order valence-electron chi connectivity index (χ4n) is 3.65. The van der Waals surface area contributed by atoms with Crippen molar-refractivity contribution in [3.8, 4) is 27.6 Å². The molecule has 158 valence electrons. The Bertz CT molecular complexity index is 1460. The Morgan fingerprint density at radius 1 is 1.29 bits per heavy atom. The predicted molar refractivity (Wildman–Crippen MR) is 117 cm³/mol. The molecule has 4 aromatic rings. The molecule has 1 N–H and O–H groups in total. The van der Waals surface area contributed by atoms with Crippen molar-refractivity contribution in [2.45, 2.75) is 12.8 Å². The summed E-state index contributed by atoms with van der Waals surface area (Å²) < 4.78 is 26.1. The van der Waals surface area contributed by atoms with Gasteiger partial charge in [-0.05, 0) is 31.0 Å². The Morgan fingerprint density at radius 3 is 2.94 bits per heavy atom. The lowest BCUT2D eigenvalue weighted by Gasteiger charge is -2.19. The number of aromatic amines is 1. The Balaban J connectivity index is 1.72. The van der Waals surface area contributed by atoms with E-state index in [4.69, 9.17) is 21.1 Å². The number of benzene rings is 1. The third-order valence-electron chi connectivity index (χ3n) is 5.11. The number of hydrogen-bond acceptors (Lipinski definition) is 6. The second kappa shape index (κ2) is 7.51. The minimum absolute atomic E-state index is 0.0295. The number of H-pyrrole nitrogens is 1. The average Bonchev–Trinajstić information content (AvgIpc) is 3.18. The lowest BCUT2D eigenvalue weighted by molar-refractivity contribution is 0.286. The topological polar surface area (TPSA) is 86.2 Å². The molecule has 0 fully saturated rings. The average molecular weight is 460 g/mol. The van der Waals surface area contributed by atoms with E-state index < -0.39 is 17.1 Å². The third-order valence-corrected chi connectivity index (χ3v) is 6.58. The van der Waals surface area contributed by atoms with E-state index in [-0.39, 0.29) is 10.8 Å². The van der Waals surface area contributed by atoms with Gasteiger partial charge < -0.3 is 14.5 Å². The van der Waals surface area contributed by atoms with Crippen molar-refractivity contribution < 1.29 is 13.9 Å². The van der Waals surface area contributed by atoms with Crippen LogP contribution in [0.25, 0.3) is 26.3 Å². The van der Waals surface area contributed by atoms with Crippen LogP contribution in [0, 0.1) is 5.82 Å². The van der Waals surface area contributed by atoms with Crippen molar-refractivity contribution >= 4 is 33.2 Å². The maximum absolute atomic E-state index is 13.9. The summed E-state index contributed by atoms with van der Waals surface area (Å²) >= 11 is 7.37. The Kier molecular flexibility index (Phi) is 4.79. The van der Waals surface area contributed by atoms with Gasteiger partial charge in [-0.3, -0.25) is 9.78 Å². The normalized spacial score (nSPS) is 13.1. The summed E-state index contributed by atoms with van der Waals surface area (Å²) in [5.41, 5.74) is 0.923. The molecule has 0 aliphatic carbocycles. The molecule has 0 amide bonds. The van der Waals surface area contributed by atoms with Crippen LogP contribution in [0.3, 0.4) is 0 Å². The molecule has 0 unspecified atom stereocenters. The van der Waals surface area contributed by atoms with Gasteiger partial charge in [0.15, 0.2) is 11.6 Å². The molecule has 7 nitrogen and oxygen atoms in total. The number of fused-ring (bicyclic) bond motifs is 2. The third kappa shape index (κ3) is 3.21. The molecule has 1 aromatic carbocycles. The summed E-state index contributed by atoms with van der Waals surface area (Å²) in [6.07, 6.45) is 4.74. The van der Waals surface area contributed by atoms with Crippen molar-refractivity contribution in [2.75, 3.05) is 13.7 Å². The second-order valence-corrected chi connectivity index (χ2v) is 8.45. The van der Waals surface area contributed by atoms with E-state index >= 15 is 0 Å². The number of rotatable bonds is 3. The summed E-state index contributed by atoms with van der Waals surface area (Å²) in [4.78, 5) is 33.6. The number of nitrogens with one attached hydrogen (secondary N) is 1. The van der Waals surface area contributed by atoms with Gasteiger partial charge in [0.25, 0.3) is 5.56 Å². The van der Waals surface area contributed by atoms with Gasteiger partial charge in [-0.25, -0.2) is 13.8 Å². The zero-order chi connectivity index (χ0) is 21.7. The van der Waals surface area contributed by atoms with Crippen LogP contribution in [0.2, 0.25) is 5.02 Å². The number of methoxy groups -OCH3 is 1. The summed E-state index contributed by atoms with van der Waals surface area (Å²) in [7, 11) is 1.35. The van der Waals surface area contributed by atoms with Gasteiger partial charge in [0.1, 0.15) is 16.1 Å². The summed E-state index contributed by atoms with van der Waals surface area (Å²) in [5.74, 6) is -0.0623. The van der Waals surface area contributed by atoms with E-state index in [1.165, 1.54) is 19.4 Å². The van der Waals surface area contributed by atoms with Crippen molar-refractivity contribution in [1.29, 1.82) is 0 Å². The van der Waals surface area contributed by atoms with Crippen molar-refractivity contribution in [2.24, 2.45) is 0 Å². The number of halogens is 2. The van der Waals surface area contributed by atoms with E-state index in [0.717, 1.165) is 40.4 Å². The Hall–Kier alpha value is -3.17. The molecule has 5 rings (SSSR count). The first-order valence-corrected chi connectivity index (χ1v) is 10.6. The van der Waals surface area contributed by atoms with Crippen LogP contribution in [0.5, 0.6) is 11.5 Å². The van der Waals surface area contributed by atoms with Crippen LogP contribution in [0.1, 0.15) is 12.0 Å². The van der Waals surface area contributed by atoms with Crippen molar-refractivity contribution in [3.63, 3.8) is 0 Å². The zero-order valence-corrected chi connectivity index (χ0v) is 17.8. The molecule has 10 heteroatoms. The lowest BCUT2D eigenvalue weighted by Crippen LogP contribution is -2.33. The number of ether oxygens (including phenoxy) is 2. The van der Waals surface area contributed by atoms with E-state index in [9.17, 15) is 14.0 Å². The minimum Gasteiger partial charge on any atom is -0.494 e. The van der Waals surface area contributed by atoms with Gasteiger partial charge in [0.2, 0.25) is 0 Å². The number of aryl methyl sites for hydroxylation is 1. The van der Waals surface area contributed by atoms with Gasteiger partial charge >= 0.3 is 5.69 Å². The molecule has 0 bridgehead atoms. The van der Waals surface area contributed by atoms with Gasteiger partial charge in [0, 0.05) is 22.2 Å². The van der Waals surface area contributed by atoms with Crippen LogP contribution in [-0.2, 0) is 6.42 Å². The molecular formula is C21H15ClFN3O4S. The summed E-state index contributed by atoms with van der Waals surface area (Å²) in [6.45, 7) is 0.507. The smallest absolute Gasteiger partial charge is 0.333 e. The minimum atomic E-state index is -0.603. The first-order valence-electron chi connectivity index (χ1n) is 9.40. The van der Waals surface area contributed by atoms with E-state index in [1.54, 1.807) is 12.3 Å². The quantitative estimate of drug-likeness (QED) is 0.501. The maximum atomic E-state index is 13.9. The van der Waals surface area contributed by atoms with Crippen LogP contribution in [0.15, 0.2) is 40.2 Å². The predicted octanol–water partition coefficient (Wildman–Crippen LogP) is 3.93. The fourth-order valence-corrected chi connectivity index (χ4v) is 5.04. The molecule has 0 atom stereocenters. The monoisotopic (exact) mass is 459 g/mol. The number of thiophene rings is 1. The molecule has 1 aliphatic heterocycles. The SMILES string of the molecule is COc1cc(-c2cc3[nH]c(=O)n(-c4cncc5c4OCCC5)c(=O)c3s2)c(Cl)cc1F. The van der Waals surface area contributed by atoms with Gasteiger partial charge in [-0.1, -0.05) is 11.6 Å². The molecule has 0 spiro atoms. The Morgan fingerprint density at radius 2 is 2.13 bits per heavy atom. The van der Waals surface area contributed by atoms with Crippen LogP contribution in [0.4, 0.5) is 4.39 Å². The molecule has 0 saturated carbocycles. The summed E-state index contributed by atoms with van der Waals surface area (Å²) in [5, 5.41) is 0.169. The van der Waals surface area contributed by atoms with Gasteiger partial charge in [-0.15, -0.1) is 11.3 Å². The lowest BCUT2D eigenvalue weighted by atomic mass is 10.1. The molecular weight excluding hydrogens is 445 g/mol. The first kappa shape index (κ1) is 19.8. The molecule has 3 aromatic heterocycles. The molecule has 0 saturated heterocycles. The van der Waals surface area contributed by atoms with E-state index in [1.807, 2.05) is 0 Å². The molecule has 0 radical (unpaired) electrons. The highest BCUT2D eigenvalue weighted by atomic mass is 35.5. The molecule has 4 heterocycles. The van der Waals surface area contributed by atoms with E-state index in [2.05, 4.69) is 9.97 Å². The van der Waals surface area contributed by atoms with Gasteiger partial charge in [-0.2, -0.15) is 0 Å². The number of hydrogen-bond donors (Lipinski definition) is 1. The standard InChI is InChI=1S/C21H15ClFN3O4S/c1-29-16-5-11(12(22)6-13(16)23)17-7-14-19(31-17)20(27)26(21(28)25-14)15-9-24-8-10-3-2-4-30-18(10)15/h5-9H,2-4H2,1H3,(H,25,28). The number of pyridine rings is 1. The van der Waals surface area contributed by atoms with Crippen molar-refractivity contribution in [3.05, 3.63) is 67.8 Å². The maximum Gasteiger partial charge on any atom is 0.333 e. The van der Waals surface area contributed by atoms with Crippen LogP contribution >= 0.6 is 22.9 Å². The van der Waals surface area contributed by atoms with Crippen LogP contribution in [-0.4, -0.2) is 28.3 Å². The highest BCUT2D eigenvalue weighted by Crippen LogP contribution is 2.38. The van der Waals surface area contributed by atoms with Crippen molar-refractivity contribution in [1.82, 2.24) is 14.5 Å². The fraction of sp³-hybridized carbons (Fsp3) is 0.190. The highest BCUT2D eigenvalue weighted by molar-refractivity contribution is 7.22. The Labute approximate surface area is 183 Å². The first-order chi connectivity index (χ1) is 15.0. The largest absolute Gasteiger partial charge is 0.494 e. The van der Waals surface area contributed by atoms with Crippen LogP contribution < -0.4 is 20.7 Å².